The summed E-state index contributed by atoms with van der Waals surface area (Å²) in [7, 11) is 1.52. The Hall–Kier alpha value is -1.63. The number of nitrogens with two attached hydrogens (primary N) is 2. The molecule has 22 heavy (non-hydrogen) atoms. The molecule has 124 valence electrons. The predicted molar refractivity (Wildman–Crippen MR) is 87.4 cm³/mol. The summed E-state index contributed by atoms with van der Waals surface area (Å²) in [5.41, 5.74) is 11.7. The van der Waals surface area contributed by atoms with Crippen molar-refractivity contribution in [1.29, 1.82) is 0 Å². The van der Waals surface area contributed by atoms with Gasteiger partial charge in [0.1, 0.15) is 0 Å². The molecule has 1 rings (SSSR count). The molecule has 1 aromatic carbocycles. The summed E-state index contributed by atoms with van der Waals surface area (Å²) in [5.74, 6) is -0.527. The molecule has 0 aliphatic rings. The third-order valence-corrected chi connectivity index (χ3v) is 3.20. The fourth-order valence-corrected chi connectivity index (χ4v) is 1.93. The summed E-state index contributed by atoms with van der Waals surface area (Å²) in [6.45, 7) is 1.01. The second-order valence-corrected chi connectivity index (χ2v) is 4.81. The van der Waals surface area contributed by atoms with Crippen LogP contribution in [0.15, 0.2) is 30.3 Å². The summed E-state index contributed by atoms with van der Waals surface area (Å²) < 4.78 is 5.13. The number of rotatable bonds is 9. The minimum Gasteiger partial charge on any atom is -0.380 e. The number of carbonyl (C=O) groups excluding carboxylic acids is 2. The van der Waals surface area contributed by atoms with E-state index in [4.69, 9.17) is 16.2 Å². The molecule has 0 heterocycles. The van der Waals surface area contributed by atoms with E-state index in [9.17, 15) is 9.59 Å². The molecule has 0 aliphatic heterocycles. The molecule has 0 fully saturated rings. The van der Waals surface area contributed by atoms with E-state index in [1.165, 1.54) is 7.11 Å². The molecular formula is C15H24ClN3O3. The number of amides is 2. The SMILES string of the molecule is COC(CN)CC(=O)N(CCC(N)=O)Cc1ccccc1.Cl. The number of primary amides is 1. The Labute approximate surface area is 137 Å². The lowest BCUT2D eigenvalue weighted by molar-refractivity contribution is -0.134. The van der Waals surface area contributed by atoms with Crippen molar-refractivity contribution in [3.05, 3.63) is 35.9 Å². The van der Waals surface area contributed by atoms with Gasteiger partial charge in [-0.05, 0) is 5.56 Å². The minimum absolute atomic E-state index is 0. The summed E-state index contributed by atoms with van der Waals surface area (Å²) in [5, 5.41) is 0. The maximum absolute atomic E-state index is 12.3. The zero-order valence-corrected chi connectivity index (χ0v) is 13.6. The molecule has 0 saturated heterocycles. The third kappa shape index (κ3) is 7.40. The molecule has 0 aliphatic carbocycles. The van der Waals surface area contributed by atoms with Gasteiger partial charge < -0.3 is 21.1 Å². The smallest absolute Gasteiger partial charge is 0.225 e. The van der Waals surface area contributed by atoms with Crippen molar-refractivity contribution in [1.82, 2.24) is 4.90 Å². The van der Waals surface area contributed by atoms with Gasteiger partial charge in [-0.3, -0.25) is 9.59 Å². The number of carbonyl (C=O) groups is 2. The van der Waals surface area contributed by atoms with Crippen molar-refractivity contribution in [3.8, 4) is 0 Å². The molecule has 0 bridgehead atoms. The van der Waals surface area contributed by atoms with Gasteiger partial charge in [-0.1, -0.05) is 30.3 Å². The predicted octanol–water partition coefficient (Wildman–Crippen LogP) is 0.676. The fraction of sp³-hybridized carbons (Fsp3) is 0.467. The van der Waals surface area contributed by atoms with Crippen LogP contribution in [0.2, 0.25) is 0 Å². The number of hydrogen-bond donors (Lipinski definition) is 2. The van der Waals surface area contributed by atoms with Gasteiger partial charge in [0.2, 0.25) is 11.8 Å². The van der Waals surface area contributed by atoms with Crippen molar-refractivity contribution >= 4 is 24.2 Å². The van der Waals surface area contributed by atoms with Gasteiger partial charge in [0, 0.05) is 33.2 Å². The molecular weight excluding hydrogens is 306 g/mol. The molecule has 2 amide bonds. The van der Waals surface area contributed by atoms with E-state index in [-0.39, 0.29) is 43.8 Å². The minimum atomic E-state index is -0.428. The second kappa shape index (κ2) is 11.0. The van der Waals surface area contributed by atoms with Crippen LogP contribution >= 0.6 is 12.4 Å². The Morgan fingerprint density at radius 3 is 2.41 bits per heavy atom. The second-order valence-electron chi connectivity index (χ2n) is 4.81. The summed E-state index contributed by atoms with van der Waals surface area (Å²) in [4.78, 5) is 24.9. The summed E-state index contributed by atoms with van der Waals surface area (Å²) in [6, 6.07) is 9.59. The number of hydrogen-bond acceptors (Lipinski definition) is 4. The monoisotopic (exact) mass is 329 g/mol. The normalized spacial score (nSPS) is 11.4. The van der Waals surface area contributed by atoms with Crippen LogP contribution in [0.3, 0.4) is 0 Å². The Morgan fingerprint density at radius 1 is 1.27 bits per heavy atom. The van der Waals surface area contributed by atoms with Crippen molar-refractivity contribution in [2.75, 3.05) is 20.2 Å². The van der Waals surface area contributed by atoms with E-state index >= 15 is 0 Å². The largest absolute Gasteiger partial charge is 0.380 e. The highest BCUT2D eigenvalue weighted by molar-refractivity contribution is 5.85. The van der Waals surface area contributed by atoms with Crippen molar-refractivity contribution in [3.63, 3.8) is 0 Å². The quantitative estimate of drug-likeness (QED) is 0.695. The molecule has 0 saturated carbocycles. The first-order valence-corrected chi connectivity index (χ1v) is 6.89. The van der Waals surface area contributed by atoms with Crippen LogP contribution in [-0.2, 0) is 20.9 Å². The molecule has 4 N–H and O–H groups in total. The first-order valence-electron chi connectivity index (χ1n) is 6.89. The topological polar surface area (TPSA) is 98.7 Å². The number of halogens is 1. The van der Waals surface area contributed by atoms with Crippen LogP contribution in [0, 0.1) is 0 Å². The highest BCUT2D eigenvalue weighted by atomic mass is 35.5. The number of nitrogens with zero attached hydrogens (tertiary/aromatic N) is 1. The van der Waals surface area contributed by atoms with Crippen molar-refractivity contribution < 1.29 is 14.3 Å². The average Bonchev–Trinajstić information content (AvgIpc) is 2.49. The maximum atomic E-state index is 12.3. The lowest BCUT2D eigenvalue weighted by atomic mass is 10.1. The van der Waals surface area contributed by atoms with E-state index in [1.807, 2.05) is 30.3 Å². The van der Waals surface area contributed by atoms with E-state index < -0.39 is 5.91 Å². The van der Waals surface area contributed by atoms with Crippen LogP contribution < -0.4 is 11.5 Å². The van der Waals surface area contributed by atoms with Crippen LogP contribution in [0.5, 0.6) is 0 Å². The van der Waals surface area contributed by atoms with E-state index in [0.717, 1.165) is 5.56 Å². The molecule has 0 radical (unpaired) electrons. The number of methoxy groups -OCH3 is 1. The van der Waals surface area contributed by atoms with Crippen LogP contribution in [0.4, 0.5) is 0 Å². The van der Waals surface area contributed by atoms with E-state index in [0.29, 0.717) is 13.1 Å². The lowest BCUT2D eigenvalue weighted by Gasteiger charge is -2.24. The number of ether oxygens (including phenoxy) is 1. The fourth-order valence-electron chi connectivity index (χ4n) is 1.93. The molecule has 1 unspecified atom stereocenters. The first kappa shape index (κ1) is 20.4. The molecule has 1 aromatic rings. The Kier molecular flexibility index (Phi) is 10.2. The van der Waals surface area contributed by atoms with E-state index in [2.05, 4.69) is 0 Å². The zero-order valence-electron chi connectivity index (χ0n) is 12.7. The zero-order chi connectivity index (χ0) is 15.7. The van der Waals surface area contributed by atoms with Crippen LogP contribution in [0.25, 0.3) is 0 Å². The third-order valence-electron chi connectivity index (χ3n) is 3.20. The molecule has 1 atom stereocenters. The molecule has 6 nitrogen and oxygen atoms in total. The maximum Gasteiger partial charge on any atom is 0.225 e. The van der Waals surface area contributed by atoms with Gasteiger partial charge in [-0.25, -0.2) is 0 Å². The van der Waals surface area contributed by atoms with Crippen LogP contribution in [0.1, 0.15) is 18.4 Å². The standard InChI is InChI=1S/C15H23N3O3.ClH/c1-21-13(10-16)9-15(20)18(8-7-14(17)19)11-12-5-3-2-4-6-12;/h2-6,13H,7-11,16H2,1H3,(H2,17,19);1H. The van der Waals surface area contributed by atoms with Crippen molar-refractivity contribution in [2.24, 2.45) is 11.5 Å². The molecule has 0 spiro atoms. The Morgan fingerprint density at radius 2 is 1.91 bits per heavy atom. The van der Waals surface area contributed by atoms with Gasteiger partial charge in [0.05, 0.1) is 12.5 Å². The van der Waals surface area contributed by atoms with Crippen LogP contribution in [-0.4, -0.2) is 43.0 Å². The Bertz CT molecular complexity index is 453. The lowest BCUT2D eigenvalue weighted by Crippen LogP contribution is -2.37. The number of benzene rings is 1. The summed E-state index contributed by atoms with van der Waals surface area (Å²) >= 11 is 0. The first-order chi connectivity index (χ1) is 10.1. The van der Waals surface area contributed by atoms with Gasteiger partial charge in [0.15, 0.2) is 0 Å². The highest BCUT2D eigenvalue weighted by Crippen LogP contribution is 2.09. The molecule has 7 heteroatoms. The van der Waals surface area contributed by atoms with Crippen molar-refractivity contribution in [2.45, 2.75) is 25.5 Å². The van der Waals surface area contributed by atoms with E-state index in [1.54, 1.807) is 4.90 Å². The average molecular weight is 330 g/mol. The Balaban J connectivity index is 0.00000441. The highest BCUT2D eigenvalue weighted by Gasteiger charge is 2.19. The van der Waals surface area contributed by atoms with Gasteiger partial charge in [0.25, 0.3) is 0 Å². The van der Waals surface area contributed by atoms with Gasteiger partial charge in [-0.2, -0.15) is 0 Å². The molecule has 0 aromatic heterocycles. The van der Waals surface area contributed by atoms with Gasteiger partial charge in [-0.15, -0.1) is 12.4 Å². The summed E-state index contributed by atoms with van der Waals surface area (Å²) in [6.07, 6.45) is 0.0154. The van der Waals surface area contributed by atoms with Gasteiger partial charge >= 0.3 is 0 Å².